The van der Waals surface area contributed by atoms with Crippen LogP contribution in [0.15, 0.2) is 0 Å². The van der Waals surface area contributed by atoms with Gasteiger partial charge in [-0.25, -0.2) is 4.79 Å². The number of methoxy groups -OCH3 is 1. The normalized spacial score (nSPS) is 22.6. The zero-order valence-electron chi connectivity index (χ0n) is 11.5. The largest absolute Gasteiger partial charge is 0.383 e. The molecule has 2 amide bonds. The topological polar surface area (TPSA) is 41.6 Å². The minimum absolute atomic E-state index is 0.0623. The van der Waals surface area contributed by atoms with Crippen molar-refractivity contribution >= 4 is 6.03 Å². The molecule has 0 spiro atoms. The maximum absolute atomic E-state index is 12.1. The molecule has 0 aromatic carbocycles. The number of likely N-dealkylation sites (tertiary alicyclic amines) is 1. The van der Waals surface area contributed by atoms with Gasteiger partial charge in [0.1, 0.15) is 0 Å². The molecule has 0 aromatic rings. The predicted molar refractivity (Wildman–Crippen MR) is 69.0 cm³/mol. The van der Waals surface area contributed by atoms with Crippen molar-refractivity contribution in [2.45, 2.75) is 39.7 Å². The van der Waals surface area contributed by atoms with Gasteiger partial charge < -0.3 is 15.0 Å². The number of hydrogen-bond donors (Lipinski definition) is 1. The van der Waals surface area contributed by atoms with E-state index in [1.54, 1.807) is 7.11 Å². The minimum atomic E-state index is 0.0623. The first-order chi connectivity index (χ1) is 8.04. The highest BCUT2D eigenvalue weighted by molar-refractivity contribution is 5.74. The standard InChI is InChI=1S/C13H26N2O2/c1-10(2)12(9-17-4)14-13(16)15-7-5-6-11(3)8-15/h10-12H,5-9H2,1-4H3,(H,14,16). The fourth-order valence-electron chi connectivity index (χ4n) is 2.20. The van der Waals surface area contributed by atoms with E-state index in [0.29, 0.717) is 18.4 Å². The molecule has 0 aromatic heterocycles. The molecule has 1 rings (SSSR count). The lowest BCUT2D eigenvalue weighted by molar-refractivity contribution is 0.131. The fourth-order valence-corrected chi connectivity index (χ4v) is 2.20. The summed E-state index contributed by atoms with van der Waals surface area (Å²) >= 11 is 0. The monoisotopic (exact) mass is 242 g/mol. The van der Waals surface area contributed by atoms with Crippen LogP contribution in [0.2, 0.25) is 0 Å². The Hall–Kier alpha value is -0.770. The molecule has 0 aliphatic carbocycles. The van der Waals surface area contributed by atoms with Crippen molar-refractivity contribution in [3.8, 4) is 0 Å². The summed E-state index contributed by atoms with van der Waals surface area (Å²) in [5, 5.41) is 3.07. The van der Waals surface area contributed by atoms with Gasteiger partial charge in [0.15, 0.2) is 0 Å². The molecule has 2 atom stereocenters. The highest BCUT2D eigenvalue weighted by Crippen LogP contribution is 2.15. The summed E-state index contributed by atoms with van der Waals surface area (Å²) in [6.45, 7) is 8.74. The van der Waals surface area contributed by atoms with Crippen LogP contribution in [0.1, 0.15) is 33.6 Å². The van der Waals surface area contributed by atoms with Crippen LogP contribution in [0.25, 0.3) is 0 Å². The van der Waals surface area contributed by atoms with E-state index in [9.17, 15) is 4.79 Å². The minimum Gasteiger partial charge on any atom is -0.383 e. The number of amides is 2. The lowest BCUT2D eigenvalue weighted by atomic mass is 10.0. The number of ether oxygens (including phenoxy) is 1. The zero-order valence-corrected chi connectivity index (χ0v) is 11.5. The molecule has 1 N–H and O–H groups in total. The number of urea groups is 1. The third-order valence-electron chi connectivity index (χ3n) is 3.40. The molecule has 0 bridgehead atoms. The molecule has 1 heterocycles. The zero-order chi connectivity index (χ0) is 12.8. The van der Waals surface area contributed by atoms with Gasteiger partial charge in [-0.3, -0.25) is 0 Å². The molecular weight excluding hydrogens is 216 g/mol. The van der Waals surface area contributed by atoms with Gasteiger partial charge in [0.05, 0.1) is 12.6 Å². The Morgan fingerprint density at radius 3 is 2.76 bits per heavy atom. The van der Waals surface area contributed by atoms with Crippen molar-refractivity contribution in [3.05, 3.63) is 0 Å². The average Bonchev–Trinajstić information content (AvgIpc) is 2.28. The van der Waals surface area contributed by atoms with Gasteiger partial charge in [0, 0.05) is 20.2 Å². The van der Waals surface area contributed by atoms with Gasteiger partial charge in [0.25, 0.3) is 0 Å². The first-order valence-electron chi connectivity index (χ1n) is 6.59. The van der Waals surface area contributed by atoms with Crippen LogP contribution < -0.4 is 5.32 Å². The van der Waals surface area contributed by atoms with E-state index in [1.165, 1.54) is 6.42 Å². The SMILES string of the molecule is COCC(NC(=O)N1CCCC(C)C1)C(C)C. The van der Waals surface area contributed by atoms with E-state index in [0.717, 1.165) is 19.5 Å². The van der Waals surface area contributed by atoms with E-state index >= 15 is 0 Å². The first kappa shape index (κ1) is 14.3. The highest BCUT2D eigenvalue weighted by atomic mass is 16.5. The lowest BCUT2D eigenvalue weighted by Crippen LogP contribution is -2.51. The fraction of sp³-hybridized carbons (Fsp3) is 0.923. The number of piperidine rings is 1. The molecule has 2 unspecified atom stereocenters. The molecule has 1 aliphatic heterocycles. The highest BCUT2D eigenvalue weighted by Gasteiger charge is 2.23. The van der Waals surface area contributed by atoms with Crippen molar-refractivity contribution in [1.82, 2.24) is 10.2 Å². The van der Waals surface area contributed by atoms with Crippen LogP contribution >= 0.6 is 0 Å². The van der Waals surface area contributed by atoms with Gasteiger partial charge in [-0.2, -0.15) is 0 Å². The smallest absolute Gasteiger partial charge is 0.317 e. The number of nitrogens with one attached hydrogen (secondary N) is 1. The number of carbonyl (C=O) groups excluding carboxylic acids is 1. The second-order valence-electron chi connectivity index (χ2n) is 5.45. The summed E-state index contributed by atoms with van der Waals surface area (Å²) in [4.78, 5) is 14.0. The van der Waals surface area contributed by atoms with Gasteiger partial charge in [0.2, 0.25) is 0 Å². The van der Waals surface area contributed by atoms with Crippen LogP contribution in [0.5, 0.6) is 0 Å². The number of carbonyl (C=O) groups is 1. The summed E-state index contributed by atoms with van der Waals surface area (Å²) < 4.78 is 5.14. The van der Waals surface area contributed by atoms with E-state index in [-0.39, 0.29) is 12.1 Å². The van der Waals surface area contributed by atoms with Crippen LogP contribution in [0, 0.1) is 11.8 Å². The van der Waals surface area contributed by atoms with Gasteiger partial charge >= 0.3 is 6.03 Å². The van der Waals surface area contributed by atoms with Crippen molar-refractivity contribution in [1.29, 1.82) is 0 Å². The third kappa shape index (κ3) is 4.54. The summed E-state index contributed by atoms with van der Waals surface area (Å²) in [6.07, 6.45) is 2.35. The van der Waals surface area contributed by atoms with Crippen molar-refractivity contribution in [2.24, 2.45) is 11.8 Å². The van der Waals surface area contributed by atoms with Crippen molar-refractivity contribution < 1.29 is 9.53 Å². The summed E-state index contributed by atoms with van der Waals surface area (Å²) in [7, 11) is 1.67. The summed E-state index contributed by atoms with van der Waals surface area (Å²) in [5.41, 5.74) is 0. The van der Waals surface area contributed by atoms with Gasteiger partial charge in [-0.05, 0) is 24.7 Å². The second kappa shape index (κ2) is 6.84. The Morgan fingerprint density at radius 1 is 1.53 bits per heavy atom. The second-order valence-corrected chi connectivity index (χ2v) is 5.45. The Bertz CT molecular complexity index is 244. The maximum atomic E-state index is 12.1. The molecular formula is C13H26N2O2. The number of hydrogen-bond acceptors (Lipinski definition) is 2. The van der Waals surface area contributed by atoms with Gasteiger partial charge in [-0.1, -0.05) is 20.8 Å². The Balaban J connectivity index is 2.45. The molecule has 0 saturated carbocycles. The quantitative estimate of drug-likeness (QED) is 0.820. The predicted octanol–water partition coefficient (Wildman–Crippen LogP) is 2.10. The van der Waals surface area contributed by atoms with E-state index < -0.39 is 0 Å². The molecule has 1 aliphatic rings. The average molecular weight is 242 g/mol. The number of rotatable bonds is 4. The molecule has 1 fully saturated rings. The van der Waals surface area contributed by atoms with E-state index in [1.807, 2.05) is 4.90 Å². The lowest BCUT2D eigenvalue weighted by Gasteiger charge is -2.33. The molecule has 4 heteroatoms. The van der Waals surface area contributed by atoms with Gasteiger partial charge in [-0.15, -0.1) is 0 Å². The maximum Gasteiger partial charge on any atom is 0.317 e. The Labute approximate surface area is 105 Å². The Morgan fingerprint density at radius 2 is 2.24 bits per heavy atom. The molecule has 0 radical (unpaired) electrons. The first-order valence-corrected chi connectivity index (χ1v) is 6.59. The summed E-state index contributed by atoms with van der Waals surface area (Å²) in [5.74, 6) is 1.01. The molecule has 17 heavy (non-hydrogen) atoms. The summed E-state index contributed by atoms with van der Waals surface area (Å²) in [6, 6.07) is 0.164. The third-order valence-corrected chi connectivity index (χ3v) is 3.40. The van der Waals surface area contributed by atoms with Crippen molar-refractivity contribution in [3.63, 3.8) is 0 Å². The van der Waals surface area contributed by atoms with Crippen LogP contribution in [0.4, 0.5) is 4.79 Å². The number of nitrogens with zero attached hydrogens (tertiary/aromatic N) is 1. The van der Waals surface area contributed by atoms with E-state index in [4.69, 9.17) is 4.74 Å². The molecule has 1 saturated heterocycles. The van der Waals surface area contributed by atoms with Crippen molar-refractivity contribution in [2.75, 3.05) is 26.8 Å². The Kier molecular flexibility index (Phi) is 5.75. The van der Waals surface area contributed by atoms with Crippen LogP contribution in [-0.4, -0.2) is 43.8 Å². The van der Waals surface area contributed by atoms with Crippen LogP contribution in [0.3, 0.4) is 0 Å². The molecule has 4 nitrogen and oxygen atoms in total. The van der Waals surface area contributed by atoms with Crippen LogP contribution in [-0.2, 0) is 4.74 Å². The van der Waals surface area contributed by atoms with E-state index in [2.05, 4.69) is 26.1 Å². The molecule has 100 valence electrons.